The zero-order valence-electron chi connectivity index (χ0n) is 10.6. The minimum Gasteiger partial charge on any atom is -0.349 e. The molecule has 0 aromatic heterocycles. The molecule has 19 heavy (non-hydrogen) atoms. The number of aryl methyl sites for hydroxylation is 1. The Hall–Kier alpha value is -1.07. The van der Waals surface area contributed by atoms with Crippen LogP contribution in [0.1, 0.15) is 41.6 Å². The number of hydrogen-bond acceptors (Lipinski definition) is 3. The highest BCUT2D eigenvalue weighted by molar-refractivity contribution is 8.13. The van der Waals surface area contributed by atoms with Crippen LogP contribution >= 0.6 is 10.7 Å². The Kier molecular flexibility index (Phi) is 4.16. The third-order valence-corrected chi connectivity index (χ3v) is 4.78. The Morgan fingerprint density at radius 2 is 1.95 bits per heavy atom. The Balaban J connectivity index is 2.25. The summed E-state index contributed by atoms with van der Waals surface area (Å²) in [7, 11) is 1.49. The lowest BCUT2D eigenvalue weighted by atomic mass is 10.1. The van der Waals surface area contributed by atoms with Gasteiger partial charge in [0.25, 0.3) is 15.0 Å². The molecular weight excluding hydrogens is 286 g/mol. The summed E-state index contributed by atoms with van der Waals surface area (Å²) < 4.78 is 22.6. The lowest BCUT2D eigenvalue weighted by molar-refractivity contribution is 0.0937. The van der Waals surface area contributed by atoms with E-state index in [4.69, 9.17) is 10.7 Å². The molecule has 2 rings (SSSR count). The van der Waals surface area contributed by atoms with E-state index in [9.17, 15) is 13.2 Å². The lowest BCUT2D eigenvalue weighted by Gasteiger charge is -2.13. The monoisotopic (exact) mass is 301 g/mol. The van der Waals surface area contributed by atoms with Crippen LogP contribution in [0.5, 0.6) is 0 Å². The van der Waals surface area contributed by atoms with Crippen molar-refractivity contribution in [3.63, 3.8) is 0 Å². The minimum atomic E-state index is -3.81. The molecule has 1 aromatic carbocycles. The van der Waals surface area contributed by atoms with Crippen LogP contribution in [0.4, 0.5) is 0 Å². The van der Waals surface area contributed by atoms with Crippen LogP contribution in [0.25, 0.3) is 0 Å². The highest BCUT2D eigenvalue weighted by Gasteiger charge is 2.20. The average Bonchev–Trinajstić information content (AvgIpc) is 2.80. The second kappa shape index (κ2) is 5.51. The standard InChI is InChI=1S/C13H16ClNO3S/c1-9-6-7-11(19(14,17)18)8-12(9)13(16)15-10-4-2-3-5-10/h6-8,10H,2-5H2,1H3,(H,15,16). The van der Waals surface area contributed by atoms with E-state index >= 15 is 0 Å². The quantitative estimate of drug-likeness (QED) is 0.873. The number of halogens is 1. The molecule has 0 heterocycles. The van der Waals surface area contributed by atoms with Crippen molar-refractivity contribution in [3.05, 3.63) is 29.3 Å². The Morgan fingerprint density at radius 1 is 1.32 bits per heavy atom. The molecule has 0 bridgehead atoms. The molecule has 4 nitrogen and oxygen atoms in total. The van der Waals surface area contributed by atoms with Gasteiger partial charge in [-0.1, -0.05) is 18.9 Å². The van der Waals surface area contributed by atoms with E-state index in [1.807, 2.05) is 0 Å². The van der Waals surface area contributed by atoms with Crippen molar-refractivity contribution in [2.45, 2.75) is 43.5 Å². The number of benzene rings is 1. The molecule has 0 atom stereocenters. The van der Waals surface area contributed by atoms with Crippen molar-refractivity contribution in [1.29, 1.82) is 0 Å². The van der Waals surface area contributed by atoms with Gasteiger partial charge < -0.3 is 5.32 Å². The second-order valence-electron chi connectivity index (χ2n) is 4.87. The number of carbonyl (C=O) groups excluding carboxylic acids is 1. The maximum Gasteiger partial charge on any atom is 0.261 e. The topological polar surface area (TPSA) is 63.2 Å². The first-order chi connectivity index (χ1) is 8.88. The average molecular weight is 302 g/mol. The predicted molar refractivity (Wildman–Crippen MR) is 73.9 cm³/mol. The van der Waals surface area contributed by atoms with E-state index in [1.165, 1.54) is 12.1 Å². The molecule has 1 aromatic rings. The molecule has 1 aliphatic rings. The summed E-state index contributed by atoms with van der Waals surface area (Å²) in [5, 5.41) is 2.94. The van der Waals surface area contributed by atoms with Crippen molar-refractivity contribution < 1.29 is 13.2 Å². The zero-order chi connectivity index (χ0) is 14.0. The first-order valence-electron chi connectivity index (χ1n) is 6.24. The van der Waals surface area contributed by atoms with Crippen LogP contribution in [0.3, 0.4) is 0 Å². The number of nitrogens with one attached hydrogen (secondary N) is 1. The van der Waals surface area contributed by atoms with Gasteiger partial charge in [0.1, 0.15) is 0 Å². The number of rotatable bonds is 3. The van der Waals surface area contributed by atoms with Gasteiger partial charge in [-0.15, -0.1) is 0 Å². The summed E-state index contributed by atoms with van der Waals surface area (Å²) in [5.74, 6) is -0.230. The van der Waals surface area contributed by atoms with Crippen molar-refractivity contribution >= 4 is 25.6 Å². The normalized spacial score (nSPS) is 16.5. The molecule has 1 aliphatic carbocycles. The zero-order valence-corrected chi connectivity index (χ0v) is 12.2. The van der Waals surface area contributed by atoms with Gasteiger partial charge in [0.2, 0.25) is 0 Å². The van der Waals surface area contributed by atoms with Gasteiger partial charge in [0.15, 0.2) is 0 Å². The molecule has 0 saturated heterocycles. The molecule has 1 amide bonds. The number of hydrogen-bond donors (Lipinski definition) is 1. The molecule has 0 aliphatic heterocycles. The summed E-state index contributed by atoms with van der Waals surface area (Å²) >= 11 is 0. The van der Waals surface area contributed by atoms with Crippen molar-refractivity contribution in [3.8, 4) is 0 Å². The van der Waals surface area contributed by atoms with Crippen LogP contribution in [-0.2, 0) is 9.05 Å². The van der Waals surface area contributed by atoms with Crippen LogP contribution < -0.4 is 5.32 Å². The first-order valence-corrected chi connectivity index (χ1v) is 8.55. The summed E-state index contributed by atoms with van der Waals surface area (Å²) in [5.41, 5.74) is 1.10. The maximum atomic E-state index is 12.2. The molecule has 104 valence electrons. The number of amides is 1. The van der Waals surface area contributed by atoms with Crippen LogP contribution in [0, 0.1) is 6.92 Å². The van der Waals surface area contributed by atoms with Crippen molar-refractivity contribution in [1.82, 2.24) is 5.32 Å². The predicted octanol–water partition coefficient (Wildman–Crippen LogP) is 2.59. The smallest absolute Gasteiger partial charge is 0.261 e. The van der Waals surface area contributed by atoms with E-state index in [1.54, 1.807) is 13.0 Å². The summed E-state index contributed by atoms with van der Waals surface area (Å²) in [4.78, 5) is 12.1. The Labute approximate surface area is 117 Å². The Bertz CT molecular complexity index is 592. The van der Waals surface area contributed by atoms with Gasteiger partial charge in [-0.3, -0.25) is 4.79 Å². The summed E-state index contributed by atoms with van der Waals surface area (Å²) in [6, 6.07) is 4.54. The van der Waals surface area contributed by atoms with E-state index in [0.29, 0.717) is 5.56 Å². The summed E-state index contributed by atoms with van der Waals surface area (Å²) in [6.45, 7) is 1.77. The molecular formula is C13H16ClNO3S. The largest absolute Gasteiger partial charge is 0.349 e. The van der Waals surface area contributed by atoms with Crippen LogP contribution in [0.2, 0.25) is 0 Å². The van der Waals surface area contributed by atoms with E-state index < -0.39 is 9.05 Å². The fourth-order valence-corrected chi connectivity index (χ4v) is 3.11. The second-order valence-corrected chi connectivity index (χ2v) is 7.44. The third-order valence-electron chi connectivity index (χ3n) is 3.43. The Morgan fingerprint density at radius 3 is 2.53 bits per heavy atom. The van der Waals surface area contributed by atoms with E-state index in [2.05, 4.69) is 5.32 Å². The van der Waals surface area contributed by atoms with Gasteiger partial charge in [0, 0.05) is 22.3 Å². The number of carbonyl (C=O) groups is 1. The van der Waals surface area contributed by atoms with Crippen molar-refractivity contribution in [2.24, 2.45) is 0 Å². The molecule has 1 saturated carbocycles. The molecule has 0 spiro atoms. The minimum absolute atomic E-state index is 0.0451. The van der Waals surface area contributed by atoms with Crippen LogP contribution in [-0.4, -0.2) is 20.4 Å². The highest BCUT2D eigenvalue weighted by Crippen LogP contribution is 2.21. The van der Waals surface area contributed by atoms with Gasteiger partial charge in [0.05, 0.1) is 4.90 Å². The third kappa shape index (κ3) is 3.48. The summed E-state index contributed by atoms with van der Waals surface area (Å²) in [6.07, 6.45) is 4.22. The fourth-order valence-electron chi connectivity index (χ4n) is 2.33. The lowest BCUT2D eigenvalue weighted by Crippen LogP contribution is -2.33. The van der Waals surface area contributed by atoms with Gasteiger partial charge in [-0.05, 0) is 37.5 Å². The molecule has 1 fully saturated rings. The molecule has 1 N–H and O–H groups in total. The maximum absolute atomic E-state index is 12.2. The van der Waals surface area contributed by atoms with Crippen LogP contribution in [0.15, 0.2) is 23.1 Å². The highest BCUT2D eigenvalue weighted by atomic mass is 35.7. The van der Waals surface area contributed by atoms with Crippen molar-refractivity contribution in [2.75, 3.05) is 0 Å². The fraction of sp³-hybridized carbons (Fsp3) is 0.462. The first kappa shape index (κ1) is 14.3. The van der Waals surface area contributed by atoms with E-state index in [0.717, 1.165) is 31.2 Å². The molecule has 6 heteroatoms. The SMILES string of the molecule is Cc1ccc(S(=O)(=O)Cl)cc1C(=O)NC1CCCC1. The van der Waals surface area contributed by atoms with E-state index in [-0.39, 0.29) is 16.8 Å². The van der Waals surface area contributed by atoms with Gasteiger partial charge >= 0.3 is 0 Å². The molecule has 0 unspecified atom stereocenters. The van der Waals surface area contributed by atoms with Gasteiger partial charge in [-0.2, -0.15) is 0 Å². The van der Waals surface area contributed by atoms with Gasteiger partial charge in [-0.25, -0.2) is 8.42 Å². The molecule has 0 radical (unpaired) electrons.